The number of nitrogens with one attached hydrogen (secondary N) is 1. The highest BCUT2D eigenvalue weighted by atomic mass is 15.0. The molecule has 1 nitrogen and oxygen atoms in total. The summed E-state index contributed by atoms with van der Waals surface area (Å²) >= 11 is 0. The van der Waals surface area contributed by atoms with Crippen molar-refractivity contribution in [1.82, 2.24) is 5.32 Å². The largest absolute Gasteiger partial charge is 0.311 e. The third-order valence-electron chi connectivity index (χ3n) is 2.98. The molecule has 0 saturated heterocycles. The van der Waals surface area contributed by atoms with Crippen LogP contribution in [-0.4, -0.2) is 12.1 Å². The van der Waals surface area contributed by atoms with Gasteiger partial charge in [-0.3, -0.25) is 0 Å². The van der Waals surface area contributed by atoms with Crippen LogP contribution in [0.5, 0.6) is 0 Å². The lowest BCUT2D eigenvalue weighted by Gasteiger charge is -2.25. The molecule has 3 fully saturated rings. The molecule has 3 saturated carbocycles. The van der Waals surface area contributed by atoms with E-state index in [1.54, 1.807) is 0 Å². The highest BCUT2D eigenvalue weighted by Gasteiger charge is 2.43. The molecule has 58 valence electrons. The van der Waals surface area contributed by atoms with Gasteiger partial charge in [-0.05, 0) is 31.1 Å². The minimum atomic E-state index is 0.685. The molecule has 0 heterocycles. The monoisotopic (exact) mass is 139 g/mol. The normalized spacial score (nSPS) is 44.1. The van der Waals surface area contributed by atoms with Gasteiger partial charge in [-0.1, -0.05) is 13.8 Å². The van der Waals surface area contributed by atoms with E-state index >= 15 is 0 Å². The number of rotatable bonds is 2. The van der Waals surface area contributed by atoms with Crippen LogP contribution in [0.15, 0.2) is 0 Å². The first-order valence-corrected chi connectivity index (χ1v) is 4.51. The van der Waals surface area contributed by atoms with E-state index < -0.39 is 0 Å². The summed E-state index contributed by atoms with van der Waals surface area (Å²) in [6.07, 6.45) is 4.50. The number of fused-ring (bicyclic) bond motifs is 1. The summed E-state index contributed by atoms with van der Waals surface area (Å²) in [7, 11) is 0. The molecular formula is C9H17N. The predicted molar refractivity (Wildman–Crippen MR) is 42.9 cm³/mol. The molecule has 3 aliphatic rings. The second kappa shape index (κ2) is 2.23. The Morgan fingerprint density at radius 2 is 1.90 bits per heavy atom. The molecule has 0 aromatic carbocycles. The fourth-order valence-electron chi connectivity index (χ4n) is 2.49. The second-order valence-electron chi connectivity index (χ2n) is 4.26. The summed E-state index contributed by atoms with van der Waals surface area (Å²) in [5, 5.41) is 3.63. The third-order valence-corrected chi connectivity index (χ3v) is 2.98. The molecule has 1 atom stereocenters. The highest BCUT2D eigenvalue weighted by Crippen LogP contribution is 2.48. The maximum Gasteiger partial charge on any atom is 0.0100 e. The second-order valence-corrected chi connectivity index (χ2v) is 4.26. The molecule has 0 aliphatic heterocycles. The van der Waals surface area contributed by atoms with Gasteiger partial charge in [0.05, 0.1) is 0 Å². The van der Waals surface area contributed by atoms with Crippen molar-refractivity contribution in [3.8, 4) is 0 Å². The Hall–Kier alpha value is -0.0400. The summed E-state index contributed by atoms with van der Waals surface area (Å²) < 4.78 is 0. The molecule has 1 unspecified atom stereocenters. The third kappa shape index (κ3) is 0.968. The molecule has 2 bridgehead atoms. The van der Waals surface area contributed by atoms with E-state index in [1.165, 1.54) is 19.3 Å². The Morgan fingerprint density at radius 1 is 1.20 bits per heavy atom. The van der Waals surface area contributed by atoms with Crippen molar-refractivity contribution < 1.29 is 0 Å². The smallest absolute Gasteiger partial charge is 0.0100 e. The summed E-state index contributed by atoms with van der Waals surface area (Å²) in [6.45, 7) is 4.49. The molecule has 0 amide bonds. The lowest BCUT2D eigenvalue weighted by atomic mass is 9.84. The van der Waals surface area contributed by atoms with Crippen molar-refractivity contribution in [2.75, 3.05) is 0 Å². The average molecular weight is 139 g/mol. The highest BCUT2D eigenvalue weighted by molar-refractivity contribution is 4.98. The first-order valence-electron chi connectivity index (χ1n) is 4.51. The van der Waals surface area contributed by atoms with E-state index in [-0.39, 0.29) is 0 Å². The van der Waals surface area contributed by atoms with Crippen LogP contribution < -0.4 is 5.32 Å². The number of hydrogen-bond donors (Lipinski definition) is 1. The van der Waals surface area contributed by atoms with Gasteiger partial charge < -0.3 is 5.32 Å². The molecule has 0 spiro atoms. The number of hydrogen-bond acceptors (Lipinski definition) is 1. The Labute approximate surface area is 63.2 Å². The molecule has 3 rings (SSSR count). The van der Waals surface area contributed by atoms with E-state index in [0.717, 1.165) is 17.9 Å². The van der Waals surface area contributed by atoms with Gasteiger partial charge in [0.15, 0.2) is 0 Å². The van der Waals surface area contributed by atoms with E-state index in [2.05, 4.69) is 19.2 Å². The Balaban J connectivity index is 1.84. The van der Waals surface area contributed by atoms with Crippen LogP contribution in [0.4, 0.5) is 0 Å². The Bertz CT molecular complexity index is 125. The molecular weight excluding hydrogens is 122 g/mol. The van der Waals surface area contributed by atoms with Gasteiger partial charge in [0.1, 0.15) is 0 Å². The molecule has 0 aromatic rings. The van der Waals surface area contributed by atoms with Crippen LogP contribution in [0, 0.1) is 11.8 Å². The van der Waals surface area contributed by atoms with Gasteiger partial charge in [-0.25, -0.2) is 0 Å². The standard InChI is InChI=1S/C9H17N/c1-6(2)10-9-5-7-3-8(9)4-7/h6-10H,3-5H2,1-2H3. The van der Waals surface area contributed by atoms with E-state index in [4.69, 9.17) is 0 Å². The van der Waals surface area contributed by atoms with E-state index in [9.17, 15) is 0 Å². The summed E-state index contributed by atoms with van der Waals surface area (Å²) in [6, 6.07) is 1.56. The zero-order valence-corrected chi connectivity index (χ0v) is 6.93. The summed E-state index contributed by atoms with van der Waals surface area (Å²) in [5.74, 6) is 2.15. The first-order chi connectivity index (χ1) is 4.75. The molecule has 10 heavy (non-hydrogen) atoms. The molecule has 1 N–H and O–H groups in total. The van der Waals surface area contributed by atoms with Crippen molar-refractivity contribution in [3.05, 3.63) is 0 Å². The quantitative estimate of drug-likeness (QED) is 0.615. The van der Waals surface area contributed by atoms with E-state index in [1.807, 2.05) is 0 Å². The molecule has 0 radical (unpaired) electrons. The van der Waals surface area contributed by atoms with Crippen molar-refractivity contribution in [2.24, 2.45) is 11.8 Å². The topological polar surface area (TPSA) is 12.0 Å². The fourth-order valence-corrected chi connectivity index (χ4v) is 2.49. The van der Waals surface area contributed by atoms with Crippen molar-refractivity contribution in [2.45, 2.75) is 45.2 Å². The van der Waals surface area contributed by atoms with Gasteiger partial charge in [-0.15, -0.1) is 0 Å². The lowest BCUT2D eigenvalue weighted by Crippen LogP contribution is -2.36. The van der Waals surface area contributed by atoms with E-state index in [0.29, 0.717) is 6.04 Å². The Kier molecular flexibility index (Phi) is 1.48. The first kappa shape index (κ1) is 6.66. The molecule has 1 heteroatoms. The Morgan fingerprint density at radius 3 is 2.30 bits per heavy atom. The SMILES string of the molecule is CC(C)NC1CC2CC1C2. The van der Waals surface area contributed by atoms with Crippen LogP contribution in [0.3, 0.4) is 0 Å². The maximum atomic E-state index is 3.63. The van der Waals surface area contributed by atoms with Crippen LogP contribution in [0.25, 0.3) is 0 Å². The van der Waals surface area contributed by atoms with Gasteiger partial charge in [-0.2, -0.15) is 0 Å². The van der Waals surface area contributed by atoms with Crippen LogP contribution >= 0.6 is 0 Å². The molecule has 3 aliphatic carbocycles. The van der Waals surface area contributed by atoms with Crippen molar-refractivity contribution >= 4 is 0 Å². The van der Waals surface area contributed by atoms with Crippen LogP contribution in [-0.2, 0) is 0 Å². The van der Waals surface area contributed by atoms with Gasteiger partial charge in [0, 0.05) is 12.1 Å². The minimum Gasteiger partial charge on any atom is -0.311 e. The van der Waals surface area contributed by atoms with Crippen LogP contribution in [0.2, 0.25) is 0 Å². The predicted octanol–water partition coefficient (Wildman–Crippen LogP) is 1.78. The van der Waals surface area contributed by atoms with Gasteiger partial charge in [0.25, 0.3) is 0 Å². The van der Waals surface area contributed by atoms with Gasteiger partial charge >= 0.3 is 0 Å². The lowest BCUT2D eigenvalue weighted by molar-refractivity contribution is 0.277. The summed E-state index contributed by atoms with van der Waals surface area (Å²) in [5.41, 5.74) is 0. The van der Waals surface area contributed by atoms with Crippen molar-refractivity contribution in [1.29, 1.82) is 0 Å². The van der Waals surface area contributed by atoms with Crippen molar-refractivity contribution in [3.63, 3.8) is 0 Å². The summed E-state index contributed by atoms with van der Waals surface area (Å²) in [4.78, 5) is 0. The van der Waals surface area contributed by atoms with Gasteiger partial charge in [0.2, 0.25) is 0 Å². The maximum absolute atomic E-state index is 3.63. The van der Waals surface area contributed by atoms with Crippen LogP contribution in [0.1, 0.15) is 33.1 Å². The zero-order chi connectivity index (χ0) is 7.14. The zero-order valence-electron chi connectivity index (χ0n) is 6.93. The fraction of sp³-hybridized carbons (Fsp3) is 1.00. The molecule has 0 aromatic heterocycles. The minimum absolute atomic E-state index is 0.685. The average Bonchev–Trinajstić information content (AvgIpc) is 2.16.